The third-order valence-corrected chi connectivity index (χ3v) is 4.50. The van der Waals surface area contributed by atoms with E-state index in [2.05, 4.69) is 22.1 Å². The van der Waals surface area contributed by atoms with Crippen LogP contribution in [-0.2, 0) is 11.3 Å². The third kappa shape index (κ3) is 3.30. The molecule has 6 nitrogen and oxygen atoms in total. The highest BCUT2D eigenvalue weighted by Crippen LogP contribution is 2.28. The Labute approximate surface area is 116 Å². The van der Waals surface area contributed by atoms with E-state index in [1.54, 1.807) is 7.11 Å². The SMILES string of the molecule is COCc1nc(C(C)N2CCNCC2)sc1C(=O)O. The number of carboxylic acids is 1. The van der Waals surface area contributed by atoms with Gasteiger partial charge in [0, 0.05) is 33.3 Å². The van der Waals surface area contributed by atoms with Crippen LogP contribution in [0.2, 0.25) is 0 Å². The number of carbonyl (C=O) groups is 1. The number of nitrogens with one attached hydrogen (secondary N) is 1. The van der Waals surface area contributed by atoms with Crippen molar-refractivity contribution in [2.45, 2.75) is 19.6 Å². The summed E-state index contributed by atoms with van der Waals surface area (Å²) in [5, 5.41) is 13.3. The second-order valence-electron chi connectivity index (χ2n) is 4.53. The fourth-order valence-corrected chi connectivity index (χ4v) is 3.17. The van der Waals surface area contributed by atoms with Gasteiger partial charge in [0.05, 0.1) is 18.3 Å². The molecule has 106 valence electrons. The summed E-state index contributed by atoms with van der Waals surface area (Å²) in [6.45, 7) is 6.17. The predicted molar refractivity (Wildman–Crippen MR) is 72.6 cm³/mol. The summed E-state index contributed by atoms with van der Waals surface area (Å²) in [6.07, 6.45) is 0. The Balaban J connectivity index is 2.18. The first-order valence-corrected chi connectivity index (χ1v) is 7.11. The number of nitrogens with zero attached hydrogens (tertiary/aromatic N) is 2. The molecule has 2 N–H and O–H groups in total. The van der Waals surface area contributed by atoms with Gasteiger partial charge in [-0.15, -0.1) is 11.3 Å². The fourth-order valence-electron chi connectivity index (χ4n) is 2.18. The minimum Gasteiger partial charge on any atom is -0.477 e. The van der Waals surface area contributed by atoms with Crippen LogP contribution in [0.1, 0.15) is 33.3 Å². The van der Waals surface area contributed by atoms with Gasteiger partial charge in [0.2, 0.25) is 0 Å². The largest absolute Gasteiger partial charge is 0.477 e. The second kappa shape index (κ2) is 6.42. The van der Waals surface area contributed by atoms with Crippen LogP contribution < -0.4 is 5.32 Å². The van der Waals surface area contributed by atoms with Crippen LogP contribution in [0.4, 0.5) is 0 Å². The number of piperazine rings is 1. The van der Waals surface area contributed by atoms with Crippen molar-refractivity contribution in [2.75, 3.05) is 33.3 Å². The average molecular weight is 285 g/mol. The highest BCUT2D eigenvalue weighted by Gasteiger charge is 2.24. The molecule has 0 spiro atoms. The number of ether oxygens (including phenoxy) is 1. The van der Waals surface area contributed by atoms with Crippen molar-refractivity contribution in [1.29, 1.82) is 0 Å². The minimum absolute atomic E-state index is 0.149. The topological polar surface area (TPSA) is 74.7 Å². The van der Waals surface area contributed by atoms with Crippen molar-refractivity contribution in [3.63, 3.8) is 0 Å². The molecule has 1 aromatic rings. The molecule has 1 aromatic heterocycles. The molecular formula is C12H19N3O3S. The van der Waals surface area contributed by atoms with Gasteiger partial charge in [-0.2, -0.15) is 0 Å². The van der Waals surface area contributed by atoms with E-state index < -0.39 is 5.97 Å². The van der Waals surface area contributed by atoms with Crippen molar-refractivity contribution in [3.05, 3.63) is 15.6 Å². The monoisotopic (exact) mass is 285 g/mol. The highest BCUT2D eigenvalue weighted by molar-refractivity contribution is 7.13. The number of aromatic carboxylic acids is 1. The summed E-state index contributed by atoms with van der Waals surface area (Å²) in [5.74, 6) is -0.927. The van der Waals surface area contributed by atoms with Crippen LogP contribution in [-0.4, -0.2) is 54.2 Å². The molecule has 7 heteroatoms. The summed E-state index contributed by atoms with van der Waals surface area (Å²) in [5.41, 5.74) is 0.525. The molecule has 0 saturated carbocycles. The molecule has 2 heterocycles. The Bertz CT molecular complexity index is 443. The summed E-state index contributed by atoms with van der Waals surface area (Å²) in [4.78, 5) is 18.3. The van der Waals surface area contributed by atoms with Gasteiger partial charge in [-0.1, -0.05) is 0 Å². The van der Waals surface area contributed by atoms with Gasteiger partial charge in [-0.25, -0.2) is 9.78 Å². The number of aromatic nitrogens is 1. The number of hydrogen-bond acceptors (Lipinski definition) is 6. The zero-order valence-electron chi connectivity index (χ0n) is 11.2. The Hall–Kier alpha value is -1.02. The van der Waals surface area contributed by atoms with E-state index in [1.165, 1.54) is 11.3 Å². The lowest BCUT2D eigenvalue weighted by molar-refractivity contribution is 0.0697. The van der Waals surface area contributed by atoms with E-state index in [1.807, 2.05) is 0 Å². The second-order valence-corrected chi connectivity index (χ2v) is 5.56. The lowest BCUT2D eigenvalue weighted by Crippen LogP contribution is -2.44. The molecule has 0 amide bonds. The maximum atomic E-state index is 11.2. The molecule has 1 aliphatic heterocycles. The van der Waals surface area contributed by atoms with Crippen LogP contribution in [0.3, 0.4) is 0 Å². The first-order valence-electron chi connectivity index (χ1n) is 6.30. The predicted octanol–water partition coefficient (Wildman–Crippen LogP) is 0.954. The molecule has 0 radical (unpaired) electrons. The van der Waals surface area contributed by atoms with Crippen molar-refractivity contribution in [2.24, 2.45) is 0 Å². The molecule has 1 saturated heterocycles. The maximum Gasteiger partial charge on any atom is 0.347 e. The molecular weight excluding hydrogens is 266 g/mol. The Morgan fingerprint density at radius 3 is 2.84 bits per heavy atom. The van der Waals surface area contributed by atoms with Crippen LogP contribution in [0, 0.1) is 0 Å². The third-order valence-electron chi connectivity index (χ3n) is 3.25. The first-order chi connectivity index (χ1) is 9.13. The molecule has 0 aromatic carbocycles. The quantitative estimate of drug-likeness (QED) is 0.839. The lowest BCUT2D eigenvalue weighted by Gasteiger charge is -2.31. The van der Waals surface area contributed by atoms with Crippen LogP contribution in [0.25, 0.3) is 0 Å². The number of thiazole rings is 1. The Morgan fingerprint density at radius 1 is 1.58 bits per heavy atom. The molecule has 0 bridgehead atoms. The van der Waals surface area contributed by atoms with E-state index >= 15 is 0 Å². The number of hydrogen-bond donors (Lipinski definition) is 2. The first kappa shape index (κ1) is 14.4. The van der Waals surface area contributed by atoms with E-state index in [-0.39, 0.29) is 12.6 Å². The lowest BCUT2D eigenvalue weighted by atomic mass is 10.2. The van der Waals surface area contributed by atoms with Gasteiger partial charge >= 0.3 is 5.97 Å². The minimum atomic E-state index is -0.927. The van der Waals surface area contributed by atoms with Gasteiger partial charge in [0.15, 0.2) is 0 Å². The highest BCUT2D eigenvalue weighted by atomic mass is 32.1. The van der Waals surface area contributed by atoms with Gasteiger partial charge < -0.3 is 15.2 Å². The number of methoxy groups -OCH3 is 1. The molecule has 0 aliphatic carbocycles. The summed E-state index contributed by atoms with van der Waals surface area (Å²) in [6, 6.07) is 0.149. The molecule has 1 atom stereocenters. The molecule has 1 aliphatic rings. The molecule has 2 rings (SSSR count). The maximum absolute atomic E-state index is 11.2. The normalized spacial score (nSPS) is 18.4. The fraction of sp³-hybridized carbons (Fsp3) is 0.667. The van der Waals surface area contributed by atoms with Crippen LogP contribution in [0.15, 0.2) is 0 Å². The Morgan fingerprint density at radius 2 is 2.26 bits per heavy atom. The smallest absolute Gasteiger partial charge is 0.347 e. The van der Waals surface area contributed by atoms with E-state index in [0.29, 0.717) is 10.6 Å². The van der Waals surface area contributed by atoms with Crippen LogP contribution in [0.5, 0.6) is 0 Å². The number of carboxylic acid groups (broad SMARTS) is 1. The van der Waals surface area contributed by atoms with Crippen molar-refractivity contribution < 1.29 is 14.6 Å². The van der Waals surface area contributed by atoms with Crippen molar-refractivity contribution >= 4 is 17.3 Å². The standard InChI is InChI=1S/C12H19N3O3S/c1-8(15-5-3-13-4-6-15)11-14-9(7-18-2)10(19-11)12(16)17/h8,13H,3-7H2,1-2H3,(H,16,17). The summed E-state index contributed by atoms with van der Waals surface area (Å²) < 4.78 is 5.01. The summed E-state index contributed by atoms with van der Waals surface area (Å²) >= 11 is 1.26. The van der Waals surface area contributed by atoms with E-state index in [4.69, 9.17) is 4.74 Å². The van der Waals surface area contributed by atoms with Crippen molar-refractivity contribution in [3.8, 4) is 0 Å². The summed E-state index contributed by atoms with van der Waals surface area (Å²) in [7, 11) is 1.55. The van der Waals surface area contributed by atoms with Gasteiger partial charge in [-0.05, 0) is 6.92 Å². The van der Waals surface area contributed by atoms with Gasteiger partial charge in [0.1, 0.15) is 9.88 Å². The number of rotatable bonds is 5. The van der Waals surface area contributed by atoms with E-state index in [9.17, 15) is 9.90 Å². The molecule has 1 unspecified atom stereocenters. The van der Waals surface area contributed by atoms with Crippen molar-refractivity contribution in [1.82, 2.24) is 15.2 Å². The molecule has 19 heavy (non-hydrogen) atoms. The Kier molecular flexibility index (Phi) is 4.87. The zero-order valence-corrected chi connectivity index (χ0v) is 12.0. The van der Waals surface area contributed by atoms with E-state index in [0.717, 1.165) is 31.2 Å². The van der Waals surface area contributed by atoms with Gasteiger partial charge in [0.25, 0.3) is 0 Å². The zero-order chi connectivity index (χ0) is 13.8. The van der Waals surface area contributed by atoms with Gasteiger partial charge in [-0.3, -0.25) is 4.90 Å². The average Bonchev–Trinajstić information content (AvgIpc) is 2.83. The molecule has 1 fully saturated rings. The van der Waals surface area contributed by atoms with Crippen LogP contribution >= 0.6 is 11.3 Å².